The number of rotatable bonds is 5. The summed E-state index contributed by atoms with van der Waals surface area (Å²) in [6.45, 7) is 0.327. The van der Waals surface area contributed by atoms with Gasteiger partial charge in [-0.05, 0) is 47.4 Å². The minimum atomic E-state index is -0.847. The van der Waals surface area contributed by atoms with Crippen LogP contribution in [-0.4, -0.2) is 22.6 Å². The van der Waals surface area contributed by atoms with Crippen LogP contribution >= 0.6 is 11.8 Å². The number of carbonyl (C=O) groups is 1. The number of anilines is 1. The number of aromatic nitrogens is 1. The Balaban J connectivity index is 1.39. The van der Waals surface area contributed by atoms with E-state index in [9.17, 15) is 9.90 Å². The van der Waals surface area contributed by atoms with Gasteiger partial charge in [-0.3, -0.25) is 4.79 Å². The smallest absolute Gasteiger partial charge is 0.323 e. The Hall–Kier alpha value is -3.25. The predicted molar refractivity (Wildman–Crippen MR) is 115 cm³/mol. The van der Waals surface area contributed by atoms with E-state index in [2.05, 4.69) is 11.1 Å². The van der Waals surface area contributed by atoms with Gasteiger partial charge >= 0.3 is 5.97 Å². The van der Waals surface area contributed by atoms with Crippen molar-refractivity contribution in [2.75, 3.05) is 11.4 Å². The second-order valence-corrected chi connectivity index (χ2v) is 7.94. The zero-order valence-electron chi connectivity index (χ0n) is 15.5. The Morgan fingerprint density at radius 1 is 1.17 bits per heavy atom. The molecule has 0 aliphatic carbocycles. The Bertz CT molecular complexity index is 1170. The van der Waals surface area contributed by atoms with Crippen LogP contribution in [0.25, 0.3) is 10.9 Å². The van der Waals surface area contributed by atoms with Gasteiger partial charge in [0.1, 0.15) is 18.9 Å². The Labute approximate surface area is 172 Å². The fourth-order valence-electron chi connectivity index (χ4n) is 3.76. The molecule has 6 heteroatoms. The Morgan fingerprint density at radius 2 is 2.07 bits per heavy atom. The summed E-state index contributed by atoms with van der Waals surface area (Å²) in [6.07, 6.45) is 3.95. The number of para-hydroxylation sites is 1. The van der Waals surface area contributed by atoms with Crippen molar-refractivity contribution in [1.82, 2.24) is 4.98 Å². The molecule has 3 aromatic rings. The summed E-state index contributed by atoms with van der Waals surface area (Å²) in [7, 11) is 0. The van der Waals surface area contributed by atoms with Crippen molar-refractivity contribution in [1.29, 1.82) is 0 Å². The van der Waals surface area contributed by atoms with Crippen LogP contribution in [0.15, 0.2) is 77.9 Å². The average molecular weight is 402 g/mol. The zero-order chi connectivity index (χ0) is 19.8. The predicted octanol–water partition coefficient (Wildman–Crippen LogP) is 4.90. The monoisotopic (exact) mass is 402 g/mol. The number of thioether (sulfide) groups is 1. The number of carboxylic acids is 1. The molecule has 2 aliphatic rings. The van der Waals surface area contributed by atoms with Gasteiger partial charge in [-0.15, -0.1) is 11.8 Å². The molecule has 0 fully saturated rings. The molecule has 0 radical (unpaired) electrons. The van der Waals surface area contributed by atoms with E-state index in [4.69, 9.17) is 4.74 Å². The highest BCUT2D eigenvalue weighted by atomic mass is 32.2. The lowest BCUT2D eigenvalue weighted by Crippen LogP contribution is -2.26. The highest BCUT2D eigenvalue weighted by molar-refractivity contribution is 8.02. The summed E-state index contributed by atoms with van der Waals surface area (Å²) < 4.78 is 6.02. The van der Waals surface area contributed by atoms with Gasteiger partial charge in [0.05, 0.1) is 16.5 Å². The van der Waals surface area contributed by atoms with Gasteiger partial charge in [-0.1, -0.05) is 30.3 Å². The molecule has 1 aromatic heterocycles. The van der Waals surface area contributed by atoms with Crippen LogP contribution in [0.3, 0.4) is 0 Å². The van der Waals surface area contributed by atoms with E-state index in [1.54, 1.807) is 11.8 Å². The molecule has 29 heavy (non-hydrogen) atoms. The number of ether oxygens (including phenoxy) is 1. The second-order valence-electron chi connectivity index (χ2n) is 6.92. The van der Waals surface area contributed by atoms with Crippen LogP contribution in [0.1, 0.15) is 16.5 Å². The van der Waals surface area contributed by atoms with Gasteiger partial charge in [0.25, 0.3) is 0 Å². The zero-order valence-corrected chi connectivity index (χ0v) is 16.3. The standard InChI is InChI=1S/C23H18N2O3S/c26-22(27)13-25-20-10-9-17(12-18(20)23-21(25)6-3-11-29-23)28-14-16-8-7-15-4-1-2-5-19(15)24-16/h1-12,23H,13-14H2,(H,26,27). The number of fused-ring (bicyclic) bond motifs is 4. The Morgan fingerprint density at radius 3 is 2.97 bits per heavy atom. The van der Waals surface area contributed by atoms with E-state index in [1.807, 2.05) is 71.0 Å². The minimum absolute atomic E-state index is 0.0506. The van der Waals surface area contributed by atoms with Crippen LogP contribution in [0, 0.1) is 0 Å². The molecule has 5 nitrogen and oxygen atoms in total. The fourth-order valence-corrected chi connectivity index (χ4v) is 4.77. The summed E-state index contributed by atoms with van der Waals surface area (Å²) in [4.78, 5) is 17.9. The molecule has 1 atom stereocenters. The third-order valence-electron chi connectivity index (χ3n) is 5.05. The maximum Gasteiger partial charge on any atom is 0.323 e. The molecular weight excluding hydrogens is 384 g/mol. The lowest BCUT2D eigenvalue weighted by molar-refractivity contribution is -0.135. The van der Waals surface area contributed by atoms with Gasteiger partial charge in [0.2, 0.25) is 0 Å². The lowest BCUT2D eigenvalue weighted by Gasteiger charge is -2.21. The van der Waals surface area contributed by atoms with Crippen molar-refractivity contribution < 1.29 is 14.6 Å². The van der Waals surface area contributed by atoms with E-state index in [-0.39, 0.29) is 11.8 Å². The first kappa shape index (κ1) is 17.8. The van der Waals surface area contributed by atoms with Crippen molar-refractivity contribution in [3.63, 3.8) is 0 Å². The van der Waals surface area contributed by atoms with Crippen molar-refractivity contribution in [3.8, 4) is 5.75 Å². The molecule has 0 amide bonds. The van der Waals surface area contributed by atoms with Gasteiger partial charge in [-0.25, -0.2) is 4.98 Å². The first-order chi connectivity index (χ1) is 14.2. The van der Waals surface area contributed by atoms with Crippen LogP contribution in [0.2, 0.25) is 0 Å². The molecule has 0 spiro atoms. The van der Waals surface area contributed by atoms with Crippen LogP contribution in [-0.2, 0) is 11.4 Å². The van der Waals surface area contributed by atoms with Crippen LogP contribution < -0.4 is 9.64 Å². The van der Waals surface area contributed by atoms with Gasteiger partial charge < -0.3 is 14.7 Å². The Kier molecular flexibility index (Phi) is 4.48. The first-order valence-corrected chi connectivity index (χ1v) is 10.3. The molecule has 5 rings (SSSR count). The number of hydrogen-bond donors (Lipinski definition) is 1. The quantitative estimate of drug-likeness (QED) is 0.655. The van der Waals surface area contributed by atoms with Crippen molar-refractivity contribution >= 4 is 34.3 Å². The SMILES string of the molecule is O=C(O)CN1C2=CC=CSC2c2cc(OCc3ccc4ccccc4n3)ccc21. The molecule has 2 aliphatic heterocycles. The number of carboxylic acid groups (broad SMARTS) is 1. The van der Waals surface area contributed by atoms with Gasteiger partial charge in [0.15, 0.2) is 0 Å². The number of allylic oxidation sites excluding steroid dienone is 2. The number of pyridine rings is 1. The molecule has 1 N–H and O–H groups in total. The maximum atomic E-state index is 11.3. The lowest BCUT2D eigenvalue weighted by atomic mass is 10.1. The molecule has 2 aromatic carbocycles. The van der Waals surface area contributed by atoms with E-state index < -0.39 is 5.97 Å². The van der Waals surface area contributed by atoms with Crippen molar-refractivity contribution in [2.45, 2.75) is 11.9 Å². The number of aliphatic carboxylic acids is 1. The summed E-state index contributed by atoms with van der Waals surface area (Å²) in [5, 5.41) is 12.5. The number of benzene rings is 2. The fraction of sp³-hybridized carbons (Fsp3) is 0.130. The highest BCUT2D eigenvalue weighted by Crippen LogP contribution is 2.52. The molecule has 0 saturated carbocycles. The van der Waals surface area contributed by atoms with Gasteiger partial charge in [-0.2, -0.15) is 0 Å². The highest BCUT2D eigenvalue weighted by Gasteiger charge is 2.35. The molecule has 0 saturated heterocycles. The molecular formula is C23H18N2O3S. The van der Waals surface area contributed by atoms with Crippen molar-refractivity contribution in [2.24, 2.45) is 0 Å². The van der Waals surface area contributed by atoms with Gasteiger partial charge in [0, 0.05) is 16.8 Å². The normalized spacial score (nSPS) is 17.0. The van der Waals surface area contributed by atoms with Crippen molar-refractivity contribution in [3.05, 3.63) is 89.1 Å². The molecule has 3 heterocycles. The largest absolute Gasteiger partial charge is 0.487 e. The summed E-state index contributed by atoms with van der Waals surface area (Å²) in [6, 6.07) is 17.9. The molecule has 0 bridgehead atoms. The average Bonchev–Trinajstić information content (AvgIpc) is 3.05. The third-order valence-corrected chi connectivity index (χ3v) is 6.13. The minimum Gasteiger partial charge on any atom is -0.487 e. The first-order valence-electron chi connectivity index (χ1n) is 9.32. The van der Waals surface area contributed by atoms with Crippen LogP contribution in [0.4, 0.5) is 5.69 Å². The number of hydrogen-bond acceptors (Lipinski definition) is 5. The summed E-state index contributed by atoms with van der Waals surface area (Å²) >= 11 is 1.68. The molecule has 144 valence electrons. The number of nitrogens with zero attached hydrogens (tertiary/aromatic N) is 2. The van der Waals surface area contributed by atoms with E-state index in [0.29, 0.717) is 6.61 Å². The summed E-state index contributed by atoms with van der Waals surface area (Å²) in [5.41, 5.74) is 4.83. The topological polar surface area (TPSA) is 62.7 Å². The second kappa shape index (κ2) is 7.29. The summed E-state index contributed by atoms with van der Waals surface area (Å²) in [5.74, 6) is -0.0925. The maximum absolute atomic E-state index is 11.3. The third kappa shape index (κ3) is 3.36. The molecule has 1 unspecified atom stereocenters. The van der Waals surface area contributed by atoms with E-state index in [1.165, 1.54) is 0 Å². The van der Waals surface area contributed by atoms with Crippen LogP contribution in [0.5, 0.6) is 5.75 Å². The van der Waals surface area contributed by atoms with E-state index in [0.717, 1.165) is 39.3 Å². The van der Waals surface area contributed by atoms with E-state index >= 15 is 0 Å².